The fourth-order valence-corrected chi connectivity index (χ4v) is 11.9. The first-order chi connectivity index (χ1) is 50.1. The van der Waals surface area contributed by atoms with E-state index in [1.807, 2.05) is 139 Å². The van der Waals surface area contributed by atoms with Crippen molar-refractivity contribution < 1.29 is 76.2 Å². The summed E-state index contributed by atoms with van der Waals surface area (Å²) in [4.78, 5) is 113. The molecule has 0 radical (unpaired) electrons. The number of nitrogens with one attached hydrogen (secondary N) is 2. The summed E-state index contributed by atoms with van der Waals surface area (Å²) in [5.74, 6) is 3.07. The van der Waals surface area contributed by atoms with Gasteiger partial charge in [0.25, 0.3) is 11.8 Å². The summed E-state index contributed by atoms with van der Waals surface area (Å²) in [6, 6.07) is 37.2. The van der Waals surface area contributed by atoms with E-state index in [1.165, 1.54) is 58.4 Å². The molecule has 29 heteroatoms. The summed E-state index contributed by atoms with van der Waals surface area (Å²) < 4.78 is 35.6. The van der Waals surface area contributed by atoms with E-state index in [4.69, 9.17) is 16.3 Å². The Morgan fingerprint density at radius 2 is 1.00 bits per heavy atom. The number of likely N-dealkylation sites (N-methyl/N-ethyl adjacent to an activating group) is 1. The van der Waals surface area contributed by atoms with Crippen LogP contribution >= 0.6 is 0 Å². The molecule has 0 bridgehead atoms. The molecule has 5 aromatic carbocycles. The number of hydrogen-bond donors (Lipinski definition) is 4. The number of aromatic nitrogens is 6. The van der Waals surface area contributed by atoms with Gasteiger partial charge in [0.15, 0.2) is 11.4 Å². The molecule has 9 rings (SSSR count). The first-order valence-electron chi connectivity index (χ1n) is 35.8. The Balaban J connectivity index is 0.000000477. The molecule has 2 saturated heterocycles. The van der Waals surface area contributed by atoms with Crippen LogP contribution < -0.4 is 46.1 Å². The van der Waals surface area contributed by atoms with Crippen LogP contribution in [-0.2, 0) is 41.6 Å². The van der Waals surface area contributed by atoms with E-state index in [9.17, 15) is 47.1 Å². The third-order valence-electron chi connectivity index (χ3n) is 18.3. The van der Waals surface area contributed by atoms with Crippen molar-refractivity contribution in [3.63, 3.8) is 0 Å². The number of hydrazine groups is 1. The van der Waals surface area contributed by atoms with Crippen molar-refractivity contribution in [3.8, 4) is 11.4 Å². The second-order valence-corrected chi connectivity index (χ2v) is 29.8. The number of nitrogens with two attached hydrogens (primary N) is 2. The molecule has 0 saturated carbocycles. The van der Waals surface area contributed by atoms with E-state index in [0.29, 0.717) is 58.4 Å². The predicted molar refractivity (Wildman–Crippen MR) is 416 cm³/mol. The van der Waals surface area contributed by atoms with E-state index in [1.54, 1.807) is 95.9 Å². The number of benzene rings is 5. The zero-order valence-corrected chi connectivity index (χ0v) is 64.6. The Bertz CT molecular complexity index is 4080. The minimum absolute atomic E-state index is 0. The SMILES string of the molecule is C.C.CC[C@@H](C)C(=O)N[C@H](C(=O)N1CCC[C@H]1CN(CCc1ccc(F)cc1)C(=O)c1cn(-c2ccccc2)nn1)C(C)(C)C.C[C@@H](C(=O)N[C@H](C(=O)N1CCC[C@H]1CN(CCc1ccc(F)cc1)C(=O)c1cn(-c2ccccc2)nn1)C(C)(C)C)N(C)C(=O)OC(C)(C)C.N/C([C-]=O)=C\N(N)c1ccccc1.[Li+].[OH-]. The Morgan fingerprint density at radius 3 is 1.36 bits per heavy atom. The largest absolute Gasteiger partial charge is 1.00 e. The molecule has 110 heavy (non-hydrogen) atoms. The number of rotatable bonds is 25. The molecule has 6 atom stereocenters. The van der Waals surface area contributed by atoms with Gasteiger partial charge in [-0.2, -0.15) is 0 Å². The molecule has 4 heterocycles. The van der Waals surface area contributed by atoms with Crippen LogP contribution in [0, 0.1) is 28.4 Å². The van der Waals surface area contributed by atoms with Crippen molar-refractivity contribution in [2.45, 2.75) is 179 Å². The zero-order valence-electron chi connectivity index (χ0n) is 64.6. The van der Waals surface area contributed by atoms with Crippen molar-refractivity contribution >= 4 is 53.5 Å². The third-order valence-corrected chi connectivity index (χ3v) is 18.3. The number of anilines is 1. The molecular formula is C81H112F2LiN16O10-. The summed E-state index contributed by atoms with van der Waals surface area (Å²) in [7, 11) is 1.48. The van der Waals surface area contributed by atoms with Crippen LogP contribution in [0.2, 0.25) is 0 Å². The molecule has 2 aromatic heterocycles. The summed E-state index contributed by atoms with van der Waals surface area (Å²) in [6.07, 6.45) is 9.97. The van der Waals surface area contributed by atoms with Crippen LogP contribution in [0.4, 0.5) is 19.3 Å². The second kappa shape index (κ2) is 43.3. The first-order valence-corrected chi connectivity index (χ1v) is 35.8. The minimum atomic E-state index is -0.903. The van der Waals surface area contributed by atoms with Gasteiger partial charge in [0.05, 0.1) is 23.8 Å². The molecule has 2 fully saturated rings. The van der Waals surface area contributed by atoms with Crippen LogP contribution in [-0.4, -0.2) is 190 Å². The van der Waals surface area contributed by atoms with E-state index in [0.717, 1.165) is 47.5 Å². The smallest absolute Gasteiger partial charge is 0.870 e. The maximum atomic E-state index is 14.3. The van der Waals surface area contributed by atoms with Gasteiger partial charge in [0, 0.05) is 76.3 Å². The van der Waals surface area contributed by atoms with Gasteiger partial charge < -0.3 is 56.0 Å². The zero-order chi connectivity index (χ0) is 77.6. The van der Waals surface area contributed by atoms with Crippen LogP contribution in [0.3, 0.4) is 0 Å². The molecule has 7 N–H and O–H groups in total. The molecule has 592 valence electrons. The van der Waals surface area contributed by atoms with Gasteiger partial charge >= 0.3 is 25.0 Å². The number of hydrogen-bond acceptors (Lipinski definition) is 17. The molecule has 0 spiro atoms. The van der Waals surface area contributed by atoms with E-state index < -0.39 is 46.6 Å². The van der Waals surface area contributed by atoms with Crippen molar-refractivity contribution in [1.82, 2.24) is 65.1 Å². The molecule has 0 unspecified atom stereocenters. The maximum absolute atomic E-state index is 14.3. The van der Waals surface area contributed by atoms with Crippen molar-refractivity contribution in [1.29, 1.82) is 0 Å². The van der Waals surface area contributed by atoms with Gasteiger partial charge in [0.1, 0.15) is 35.4 Å². The Kier molecular flexibility index (Phi) is 37.0. The quantitative estimate of drug-likeness (QED) is 0.0139. The molecule has 0 aliphatic carbocycles. The van der Waals surface area contributed by atoms with Crippen LogP contribution in [0.1, 0.15) is 162 Å². The van der Waals surface area contributed by atoms with Gasteiger partial charge in [-0.3, -0.25) is 39.5 Å². The van der Waals surface area contributed by atoms with Crippen molar-refractivity contribution in [2.24, 2.45) is 28.3 Å². The average Bonchev–Trinajstić information content (AvgIpc) is 1.53. The summed E-state index contributed by atoms with van der Waals surface area (Å²) >= 11 is 0. The summed E-state index contributed by atoms with van der Waals surface area (Å²) in [5, 5.41) is 23.9. The Hall–Kier alpha value is -10.1. The number of amides is 7. The predicted octanol–water partition coefficient (Wildman–Crippen LogP) is 7.90. The van der Waals surface area contributed by atoms with E-state index in [-0.39, 0.29) is 122 Å². The second-order valence-electron chi connectivity index (χ2n) is 29.8. The maximum Gasteiger partial charge on any atom is 1.00 e. The Morgan fingerprint density at radius 1 is 0.618 bits per heavy atom. The number of ether oxygens (including phenoxy) is 1. The fourth-order valence-electron chi connectivity index (χ4n) is 11.9. The number of allylic oxidation sites excluding steroid dienone is 1. The topological polar surface area (TPSA) is 333 Å². The van der Waals surface area contributed by atoms with Crippen LogP contribution in [0.25, 0.3) is 11.4 Å². The molecular weight excluding hydrogens is 1400 g/mol. The number of likely N-dealkylation sites (tertiary alicyclic amines) is 2. The van der Waals surface area contributed by atoms with E-state index >= 15 is 0 Å². The monoisotopic (exact) mass is 1510 g/mol. The summed E-state index contributed by atoms with van der Waals surface area (Å²) in [5.41, 5.74) is 7.70. The molecule has 2 aliphatic heterocycles. The number of para-hydroxylation sites is 3. The Labute approximate surface area is 659 Å². The van der Waals surface area contributed by atoms with Gasteiger partial charge in [-0.15, -0.1) is 16.4 Å². The number of halogens is 2. The summed E-state index contributed by atoms with van der Waals surface area (Å²) in [6.45, 7) is 24.3. The van der Waals surface area contributed by atoms with Crippen molar-refractivity contribution in [2.75, 3.05) is 51.3 Å². The molecule has 2 aliphatic rings. The van der Waals surface area contributed by atoms with Gasteiger partial charge in [0.2, 0.25) is 23.6 Å². The fraction of sp³-hybridized carbons (Fsp3) is 0.457. The molecule has 7 aromatic rings. The number of carbonyl (C=O) groups is 7. The van der Waals surface area contributed by atoms with E-state index in [2.05, 4.69) is 31.3 Å². The van der Waals surface area contributed by atoms with Gasteiger partial charge in [-0.05, 0) is 155 Å². The van der Waals surface area contributed by atoms with Gasteiger partial charge in [-0.25, -0.2) is 22.9 Å². The van der Waals surface area contributed by atoms with Crippen LogP contribution in [0.15, 0.2) is 164 Å². The molecule has 7 amide bonds. The number of nitrogens with zero attached hydrogens (tertiary/aromatic N) is 12. The average molecular weight is 1510 g/mol. The van der Waals surface area contributed by atoms with Gasteiger partial charge in [-0.1, -0.05) is 165 Å². The van der Waals surface area contributed by atoms with Crippen LogP contribution in [0.5, 0.6) is 0 Å². The standard InChI is InChI=1S/C37H50FN7O5.C33H43FN6O3.C9H10N3O.2CH4.Li.H2O/c1-25(42(8)35(49)50-37(5,6)7)32(46)39-31(36(2,3)4)34(48)44-21-12-15-29(44)23-43(22-20-26-16-18-27(38)19-17-26)33(47)30-24-45(41-40-30)28-13-10-9-11-14-28;1-6-23(2)30(41)35-29(33(3,4)5)32(43)39-19-10-13-27(39)21-38(20-18-24-14-16-25(34)17-15-24)31(42)28-22-40(37-36-28)26-11-8-7-9-12-26;10-8(7-13)6-12(11)9-4-2-1-3-5-9;;;;/h9-11,13-14,16-19,24-25,29,31H,12,15,20-23H2,1-8H3,(H,39,46);7-9,11-12,14-17,22-23,27,29H,6,10,13,18-21H2,1-5H3,(H,35,41);1-6H,10-11H2;2*1H4;;1H2/q;;-1;;;+1;/p-1/b;;8-6-;;;;/t25-,29-,31+;23-,27+,29-;;;;;/m01...../s1. The minimum Gasteiger partial charge on any atom is -0.870 e. The number of carbonyl (C=O) groups excluding carboxylic acids is 8. The third kappa shape index (κ3) is 27.5. The normalized spacial score (nSPS) is 15.0. The first kappa shape index (κ1) is 94.1. The van der Waals surface area contributed by atoms with Crippen molar-refractivity contribution in [3.05, 3.63) is 198 Å². The molecule has 26 nitrogen and oxygen atoms in total.